The van der Waals surface area contributed by atoms with Crippen LogP contribution >= 0.6 is 0 Å². The molecule has 3 rings (SSSR count). The third-order valence-electron chi connectivity index (χ3n) is 3.42. The van der Waals surface area contributed by atoms with Crippen LogP contribution in [-0.2, 0) is 18.4 Å². The van der Waals surface area contributed by atoms with Crippen molar-refractivity contribution < 1.29 is 18.4 Å². The van der Waals surface area contributed by atoms with Crippen LogP contribution in [0.25, 0.3) is 11.5 Å². The molecular weight excluding hydrogens is 331 g/mol. The van der Waals surface area contributed by atoms with Gasteiger partial charge in [0.05, 0.1) is 0 Å². The summed E-state index contributed by atoms with van der Waals surface area (Å²) in [6.07, 6.45) is 1.66. The Labute approximate surface area is 140 Å². The van der Waals surface area contributed by atoms with Gasteiger partial charge in [-0.1, -0.05) is 0 Å². The SMILES string of the molecule is Cn1cccc1C(=O)NC(=O)Cn1nc(-c2ccc(F)cc2)oc1=O. The average Bonchev–Trinajstić information content (AvgIpc) is 3.14. The monoisotopic (exact) mass is 344 g/mol. The second-order valence-electron chi connectivity index (χ2n) is 5.22. The Morgan fingerprint density at radius 1 is 1.24 bits per heavy atom. The highest BCUT2D eigenvalue weighted by Crippen LogP contribution is 2.15. The molecule has 25 heavy (non-hydrogen) atoms. The number of carbonyl (C=O) groups excluding carboxylic acids is 2. The Kier molecular flexibility index (Phi) is 4.29. The maximum absolute atomic E-state index is 12.9. The summed E-state index contributed by atoms with van der Waals surface area (Å²) in [6.45, 7) is -0.486. The molecule has 128 valence electrons. The lowest BCUT2D eigenvalue weighted by Gasteiger charge is -2.04. The molecule has 0 fully saturated rings. The molecule has 0 saturated heterocycles. The minimum absolute atomic E-state index is 0.0495. The molecule has 2 amide bonds. The predicted molar refractivity (Wildman–Crippen MR) is 84.0 cm³/mol. The zero-order valence-corrected chi connectivity index (χ0v) is 13.1. The highest BCUT2D eigenvalue weighted by molar-refractivity contribution is 6.03. The topological polar surface area (TPSA) is 99.1 Å². The van der Waals surface area contributed by atoms with Gasteiger partial charge in [-0.25, -0.2) is 9.18 Å². The van der Waals surface area contributed by atoms with Crippen LogP contribution in [0.2, 0.25) is 0 Å². The fourth-order valence-corrected chi connectivity index (χ4v) is 2.18. The molecule has 0 unspecified atom stereocenters. The van der Waals surface area contributed by atoms with Crippen molar-refractivity contribution in [3.63, 3.8) is 0 Å². The molecule has 1 N–H and O–H groups in total. The van der Waals surface area contributed by atoms with Crippen LogP contribution in [0.5, 0.6) is 0 Å². The van der Waals surface area contributed by atoms with Crippen molar-refractivity contribution in [3.05, 3.63) is 64.7 Å². The van der Waals surface area contributed by atoms with Gasteiger partial charge in [-0.05, 0) is 36.4 Å². The molecule has 1 aromatic carbocycles. The largest absolute Gasteiger partial charge is 0.437 e. The van der Waals surface area contributed by atoms with Gasteiger partial charge in [0.25, 0.3) is 5.91 Å². The van der Waals surface area contributed by atoms with Crippen molar-refractivity contribution in [1.82, 2.24) is 19.7 Å². The fraction of sp³-hybridized carbons (Fsp3) is 0.125. The molecule has 2 heterocycles. The lowest BCUT2D eigenvalue weighted by molar-refractivity contribution is -0.121. The minimum Gasteiger partial charge on any atom is -0.388 e. The number of rotatable bonds is 4. The summed E-state index contributed by atoms with van der Waals surface area (Å²) in [6, 6.07) is 8.39. The zero-order chi connectivity index (χ0) is 18.0. The van der Waals surface area contributed by atoms with Crippen LogP contribution in [0.1, 0.15) is 10.5 Å². The lowest BCUT2D eigenvalue weighted by atomic mass is 10.2. The van der Waals surface area contributed by atoms with E-state index in [0.717, 1.165) is 4.68 Å². The molecule has 9 heteroatoms. The minimum atomic E-state index is -0.860. The first-order valence-corrected chi connectivity index (χ1v) is 7.23. The highest BCUT2D eigenvalue weighted by Gasteiger charge is 2.16. The maximum atomic E-state index is 12.9. The van der Waals surface area contributed by atoms with Gasteiger partial charge < -0.3 is 8.98 Å². The third kappa shape index (κ3) is 3.55. The van der Waals surface area contributed by atoms with Crippen LogP contribution < -0.4 is 11.1 Å². The number of hydrogen-bond acceptors (Lipinski definition) is 5. The van der Waals surface area contributed by atoms with Crippen molar-refractivity contribution in [2.24, 2.45) is 7.05 Å². The van der Waals surface area contributed by atoms with Gasteiger partial charge in [-0.15, -0.1) is 5.10 Å². The molecule has 0 saturated carbocycles. The number of aryl methyl sites for hydroxylation is 1. The van der Waals surface area contributed by atoms with Crippen molar-refractivity contribution >= 4 is 11.8 Å². The van der Waals surface area contributed by atoms with E-state index < -0.39 is 29.9 Å². The van der Waals surface area contributed by atoms with E-state index in [2.05, 4.69) is 10.4 Å². The van der Waals surface area contributed by atoms with Gasteiger partial charge in [-0.2, -0.15) is 4.68 Å². The third-order valence-corrected chi connectivity index (χ3v) is 3.42. The zero-order valence-electron chi connectivity index (χ0n) is 13.1. The average molecular weight is 344 g/mol. The van der Waals surface area contributed by atoms with E-state index in [4.69, 9.17) is 4.42 Å². The molecule has 0 aliphatic rings. The number of nitrogens with zero attached hydrogens (tertiary/aromatic N) is 3. The second-order valence-corrected chi connectivity index (χ2v) is 5.22. The molecule has 0 radical (unpaired) electrons. The Hall–Kier alpha value is -3.49. The number of imide groups is 1. The normalized spacial score (nSPS) is 10.6. The molecule has 0 spiro atoms. The van der Waals surface area contributed by atoms with Crippen LogP contribution in [0, 0.1) is 5.82 Å². The highest BCUT2D eigenvalue weighted by atomic mass is 19.1. The fourth-order valence-electron chi connectivity index (χ4n) is 2.18. The first-order chi connectivity index (χ1) is 11.9. The van der Waals surface area contributed by atoms with Gasteiger partial charge in [0.2, 0.25) is 11.8 Å². The van der Waals surface area contributed by atoms with Gasteiger partial charge in [0.15, 0.2) is 0 Å². The molecule has 3 aromatic rings. The Bertz CT molecular complexity index is 984. The van der Waals surface area contributed by atoms with Gasteiger partial charge >= 0.3 is 5.76 Å². The van der Waals surface area contributed by atoms with Gasteiger partial charge in [0.1, 0.15) is 18.1 Å². The van der Waals surface area contributed by atoms with E-state index in [9.17, 15) is 18.8 Å². The van der Waals surface area contributed by atoms with E-state index in [1.807, 2.05) is 0 Å². The van der Waals surface area contributed by atoms with Crippen molar-refractivity contribution in [2.75, 3.05) is 0 Å². The molecule has 0 aliphatic heterocycles. The lowest BCUT2D eigenvalue weighted by Crippen LogP contribution is -2.36. The molecule has 8 nitrogen and oxygen atoms in total. The molecule has 0 bridgehead atoms. The van der Waals surface area contributed by atoms with Crippen LogP contribution in [0.15, 0.2) is 51.8 Å². The van der Waals surface area contributed by atoms with Crippen LogP contribution in [0.3, 0.4) is 0 Å². The number of halogens is 1. The number of amides is 2. The first kappa shape index (κ1) is 16.4. The molecule has 0 atom stereocenters. The van der Waals surface area contributed by atoms with Gasteiger partial charge in [-0.3, -0.25) is 14.9 Å². The van der Waals surface area contributed by atoms with E-state index in [-0.39, 0.29) is 5.89 Å². The second kappa shape index (κ2) is 6.56. The van der Waals surface area contributed by atoms with E-state index in [0.29, 0.717) is 11.3 Å². The van der Waals surface area contributed by atoms with Crippen LogP contribution in [0.4, 0.5) is 4.39 Å². The summed E-state index contributed by atoms with van der Waals surface area (Å²) in [5.74, 6) is -2.66. The number of aromatic nitrogens is 3. The van der Waals surface area contributed by atoms with Crippen molar-refractivity contribution in [1.29, 1.82) is 0 Å². The summed E-state index contributed by atoms with van der Waals surface area (Å²) >= 11 is 0. The predicted octanol–water partition coefficient (Wildman–Crippen LogP) is 0.937. The maximum Gasteiger partial charge on any atom is 0.437 e. The number of hydrogen-bond donors (Lipinski definition) is 1. The summed E-state index contributed by atoms with van der Waals surface area (Å²) in [4.78, 5) is 35.7. The summed E-state index contributed by atoms with van der Waals surface area (Å²) in [7, 11) is 1.66. The number of nitrogens with one attached hydrogen (secondary N) is 1. The molecule has 2 aromatic heterocycles. The summed E-state index contributed by atoms with van der Waals surface area (Å²) < 4.78 is 20.2. The Balaban J connectivity index is 1.72. The molecule has 0 aliphatic carbocycles. The molecular formula is C16H13FN4O4. The number of carbonyl (C=O) groups is 2. The standard InChI is InChI=1S/C16H13FN4O4/c1-20-8-2-3-12(20)14(23)18-13(22)9-21-16(24)25-15(19-21)10-4-6-11(17)7-5-10/h2-8H,9H2,1H3,(H,18,22,23). The summed E-state index contributed by atoms with van der Waals surface area (Å²) in [5, 5.41) is 6.04. The Morgan fingerprint density at radius 2 is 1.96 bits per heavy atom. The number of benzene rings is 1. The van der Waals surface area contributed by atoms with E-state index in [1.54, 1.807) is 29.9 Å². The quantitative estimate of drug-likeness (QED) is 0.759. The van der Waals surface area contributed by atoms with Gasteiger partial charge in [0, 0.05) is 18.8 Å². The smallest absolute Gasteiger partial charge is 0.388 e. The van der Waals surface area contributed by atoms with E-state index >= 15 is 0 Å². The van der Waals surface area contributed by atoms with E-state index in [1.165, 1.54) is 24.3 Å². The summed E-state index contributed by atoms with van der Waals surface area (Å²) in [5.41, 5.74) is 0.686. The van der Waals surface area contributed by atoms with Crippen LogP contribution in [-0.4, -0.2) is 26.2 Å². The van der Waals surface area contributed by atoms with Crippen molar-refractivity contribution in [3.8, 4) is 11.5 Å². The van der Waals surface area contributed by atoms with Crippen molar-refractivity contribution in [2.45, 2.75) is 6.54 Å². The Morgan fingerprint density at radius 3 is 2.60 bits per heavy atom. The first-order valence-electron chi connectivity index (χ1n) is 7.23.